The second-order valence-electron chi connectivity index (χ2n) is 6.94. The minimum absolute atomic E-state index is 0.0777. The molecule has 27 heavy (non-hydrogen) atoms. The number of amides is 1. The van der Waals surface area contributed by atoms with Gasteiger partial charge in [-0.3, -0.25) is 10.1 Å². The standard InChI is InChI=1S/C21H23N5O/c1-15-14-18(17-10-6-3-7-11-17)26-21(22-15)24-20(25-26)23-19(27)13-12-16-8-4-2-5-9-16/h2-11,15,18H,12-14H2,1H3,(H2,22,23,24,25,27)/t15-,18+/m1/s1. The summed E-state index contributed by atoms with van der Waals surface area (Å²) in [4.78, 5) is 16.8. The molecule has 2 N–H and O–H groups in total. The molecule has 0 unspecified atom stereocenters. The molecule has 0 bridgehead atoms. The molecule has 2 heterocycles. The van der Waals surface area contributed by atoms with Gasteiger partial charge in [0.2, 0.25) is 11.9 Å². The van der Waals surface area contributed by atoms with E-state index in [9.17, 15) is 4.79 Å². The molecular formula is C21H23N5O. The van der Waals surface area contributed by atoms with Gasteiger partial charge in [-0.1, -0.05) is 60.7 Å². The predicted molar refractivity (Wildman–Crippen MR) is 106 cm³/mol. The number of anilines is 2. The summed E-state index contributed by atoms with van der Waals surface area (Å²) in [6.07, 6.45) is 2.02. The first-order valence-electron chi connectivity index (χ1n) is 9.31. The fraction of sp³-hybridized carbons (Fsp3) is 0.286. The van der Waals surface area contributed by atoms with E-state index in [2.05, 4.69) is 39.8 Å². The van der Waals surface area contributed by atoms with Crippen LogP contribution in [-0.4, -0.2) is 26.7 Å². The monoisotopic (exact) mass is 361 g/mol. The summed E-state index contributed by atoms with van der Waals surface area (Å²) in [6, 6.07) is 20.7. The van der Waals surface area contributed by atoms with Gasteiger partial charge in [0.25, 0.3) is 5.95 Å². The van der Waals surface area contributed by atoms with E-state index in [1.54, 1.807) is 0 Å². The Morgan fingerprint density at radius 3 is 2.59 bits per heavy atom. The molecule has 0 aliphatic carbocycles. The summed E-state index contributed by atoms with van der Waals surface area (Å²) in [5.74, 6) is 0.970. The van der Waals surface area contributed by atoms with Gasteiger partial charge in [0.05, 0.1) is 6.04 Å². The Balaban J connectivity index is 1.47. The van der Waals surface area contributed by atoms with Crippen molar-refractivity contribution in [2.24, 2.45) is 0 Å². The average molecular weight is 361 g/mol. The van der Waals surface area contributed by atoms with Gasteiger partial charge in [0, 0.05) is 12.5 Å². The molecule has 1 amide bonds. The van der Waals surface area contributed by atoms with Crippen LogP contribution in [0.4, 0.5) is 11.9 Å². The quantitative estimate of drug-likeness (QED) is 0.728. The second-order valence-corrected chi connectivity index (χ2v) is 6.94. The first-order valence-corrected chi connectivity index (χ1v) is 9.31. The molecule has 3 aromatic rings. The topological polar surface area (TPSA) is 71.8 Å². The molecule has 2 atom stereocenters. The molecule has 0 fully saturated rings. The average Bonchev–Trinajstić information content (AvgIpc) is 3.09. The molecule has 1 aliphatic heterocycles. The first kappa shape index (κ1) is 17.3. The third-order valence-corrected chi connectivity index (χ3v) is 4.80. The lowest BCUT2D eigenvalue weighted by molar-refractivity contribution is -0.116. The van der Waals surface area contributed by atoms with E-state index in [0.717, 1.165) is 12.0 Å². The Bertz CT molecular complexity index is 907. The normalized spacial score (nSPS) is 18.4. The molecule has 4 rings (SSSR count). The molecule has 0 radical (unpaired) electrons. The molecule has 2 aromatic carbocycles. The van der Waals surface area contributed by atoms with Crippen LogP contribution in [0.1, 0.15) is 36.9 Å². The van der Waals surface area contributed by atoms with Gasteiger partial charge in [-0.2, -0.15) is 4.98 Å². The summed E-state index contributed by atoms with van der Waals surface area (Å²) < 4.78 is 1.88. The van der Waals surface area contributed by atoms with Crippen LogP contribution in [0.2, 0.25) is 0 Å². The number of carbonyl (C=O) groups excluding carboxylic acids is 1. The highest BCUT2D eigenvalue weighted by atomic mass is 16.1. The number of aromatic nitrogens is 3. The van der Waals surface area contributed by atoms with Crippen LogP contribution in [-0.2, 0) is 11.2 Å². The number of hydrogen-bond acceptors (Lipinski definition) is 4. The van der Waals surface area contributed by atoms with Crippen molar-refractivity contribution in [3.05, 3.63) is 71.8 Å². The first-order chi connectivity index (χ1) is 13.2. The molecule has 0 spiro atoms. The maximum absolute atomic E-state index is 12.3. The largest absolute Gasteiger partial charge is 0.352 e. The molecular weight excluding hydrogens is 338 g/mol. The van der Waals surface area contributed by atoms with Crippen LogP contribution in [0.15, 0.2) is 60.7 Å². The number of nitrogens with zero attached hydrogens (tertiary/aromatic N) is 3. The Morgan fingerprint density at radius 2 is 1.85 bits per heavy atom. The van der Waals surface area contributed by atoms with Crippen LogP contribution in [0, 0.1) is 0 Å². The molecule has 138 valence electrons. The van der Waals surface area contributed by atoms with E-state index in [-0.39, 0.29) is 18.0 Å². The SMILES string of the molecule is C[C@@H]1C[C@@H](c2ccccc2)n2nc(NC(=O)CCc3ccccc3)nc2N1. The molecule has 6 heteroatoms. The lowest BCUT2D eigenvalue weighted by atomic mass is 9.99. The number of hydrogen-bond donors (Lipinski definition) is 2. The zero-order chi connectivity index (χ0) is 18.6. The van der Waals surface area contributed by atoms with Gasteiger partial charge in [-0.15, -0.1) is 5.10 Å². The highest BCUT2D eigenvalue weighted by Gasteiger charge is 2.28. The maximum atomic E-state index is 12.3. The molecule has 0 saturated heterocycles. The smallest absolute Gasteiger partial charge is 0.250 e. The van der Waals surface area contributed by atoms with Gasteiger partial charge in [0.1, 0.15) is 0 Å². The van der Waals surface area contributed by atoms with E-state index in [0.29, 0.717) is 24.7 Å². The Hall–Kier alpha value is -3.15. The van der Waals surface area contributed by atoms with E-state index < -0.39 is 0 Å². The summed E-state index contributed by atoms with van der Waals surface area (Å²) >= 11 is 0. The van der Waals surface area contributed by atoms with Crippen molar-refractivity contribution in [3.63, 3.8) is 0 Å². The van der Waals surface area contributed by atoms with E-state index in [1.807, 2.05) is 53.2 Å². The van der Waals surface area contributed by atoms with Crippen LogP contribution >= 0.6 is 0 Å². The van der Waals surface area contributed by atoms with Crippen LogP contribution in [0.25, 0.3) is 0 Å². The predicted octanol–water partition coefficient (Wildman–Crippen LogP) is 3.64. The highest BCUT2D eigenvalue weighted by molar-refractivity contribution is 5.89. The number of nitrogens with one attached hydrogen (secondary N) is 2. The third-order valence-electron chi connectivity index (χ3n) is 4.80. The Kier molecular flexibility index (Phi) is 4.87. The second kappa shape index (κ2) is 7.61. The Labute approximate surface area is 158 Å². The summed E-state index contributed by atoms with van der Waals surface area (Å²) in [5.41, 5.74) is 2.34. The van der Waals surface area contributed by atoms with Crippen LogP contribution in [0.5, 0.6) is 0 Å². The number of rotatable bonds is 5. The van der Waals surface area contributed by atoms with Crippen LogP contribution < -0.4 is 10.6 Å². The molecule has 1 aliphatic rings. The number of benzene rings is 2. The fourth-order valence-electron chi connectivity index (χ4n) is 3.45. The Morgan fingerprint density at radius 1 is 1.15 bits per heavy atom. The molecule has 6 nitrogen and oxygen atoms in total. The zero-order valence-corrected chi connectivity index (χ0v) is 15.3. The molecule has 0 saturated carbocycles. The summed E-state index contributed by atoms with van der Waals surface area (Å²) in [7, 11) is 0. The van der Waals surface area contributed by atoms with Crippen molar-refractivity contribution in [2.45, 2.75) is 38.3 Å². The van der Waals surface area contributed by atoms with Crippen molar-refractivity contribution in [2.75, 3.05) is 10.6 Å². The van der Waals surface area contributed by atoms with Crippen molar-refractivity contribution in [3.8, 4) is 0 Å². The van der Waals surface area contributed by atoms with Crippen molar-refractivity contribution < 1.29 is 4.79 Å². The summed E-state index contributed by atoms with van der Waals surface area (Å²) in [5, 5.41) is 10.7. The van der Waals surface area contributed by atoms with Gasteiger partial charge in [-0.25, -0.2) is 4.68 Å². The zero-order valence-electron chi connectivity index (χ0n) is 15.3. The van der Waals surface area contributed by atoms with E-state index in [4.69, 9.17) is 0 Å². The molecule has 1 aromatic heterocycles. The van der Waals surface area contributed by atoms with Crippen molar-refractivity contribution in [1.29, 1.82) is 0 Å². The summed E-state index contributed by atoms with van der Waals surface area (Å²) in [6.45, 7) is 2.13. The number of carbonyl (C=O) groups is 1. The minimum Gasteiger partial charge on any atom is -0.352 e. The fourth-order valence-corrected chi connectivity index (χ4v) is 3.45. The van der Waals surface area contributed by atoms with Crippen LogP contribution in [0.3, 0.4) is 0 Å². The van der Waals surface area contributed by atoms with Gasteiger partial charge < -0.3 is 5.32 Å². The van der Waals surface area contributed by atoms with Crippen molar-refractivity contribution >= 4 is 17.8 Å². The minimum atomic E-state index is -0.0777. The number of aryl methyl sites for hydroxylation is 1. The van der Waals surface area contributed by atoms with Gasteiger partial charge in [0.15, 0.2) is 0 Å². The van der Waals surface area contributed by atoms with Gasteiger partial charge in [-0.05, 0) is 30.9 Å². The number of fused-ring (bicyclic) bond motifs is 1. The van der Waals surface area contributed by atoms with Crippen molar-refractivity contribution in [1.82, 2.24) is 14.8 Å². The van der Waals surface area contributed by atoms with E-state index in [1.165, 1.54) is 5.56 Å². The van der Waals surface area contributed by atoms with E-state index >= 15 is 0 Å². The third kappa shape index (κ3) is 4.00. The lowest BCUT2D eigenvalue weighted by Gasteiger charge is -2.29. The highest BCUT2D eigenvalue weighted by Crippen LogP contribution is 2.31. The lowest BCUT2D eigenvalue weighted by Crippen LogP contribution is -2.31. The van der Waals surface area contributed by atoms with Gasteiger partial charge >= 0.3 is 0 Å². The maximum Gasteiger partial charge on any atom is 0.250 e.